The summed E-state index contributed by atoms with van der Waals surface area (Å²) in [7, 11) is 0. The number of carbonyl (C=O) groups excluding carboxylic acids is 1. The highest BCUT2D eigenvalue weighted by Crippen LogP contribution is 2.27. The SMILES string of the molecule is Nc1nc(Nc2cccnc2)nn1-c1ncc(F)c(N2CCC[C@@H]2C(=O)NCC(F)(F)F)n1. The van der Waals surface area contributed by atoms with E-state index in [2.05, 4.69) is 30.4 Å². The molecule has 0 saturated carbocycles. The van der Waals surface area contributed by atoms with Gasteiger partial charge in [-0.3, -0.25) is 9.78 Å². The second kappa shape index (κ2) is 8.84. The van der Waals surface area contributed by atoms with E-state index in [9.17, 15) is 22.4 Å². The normalized spacial score (nSPS) is 16.1. The maximum absolute atomic E-state index is 14.6. The number of nitrogen functional groups attached to an aromatic ring is 1. The minimum Gasteiger partial charge on any atom is -0.368 e. The lowest BCUT2D eigenvalue weighted by atomic mass is 10.2. The number of alkyl halides is 3. The third-order valence-corrected chi connectivity index (χ3v) is 4.74. The molecule has 1 saturated heterocycles. The summed E-state index contributed by atoms with van der Waals surface area (Å²) in [5, 5.41) is 8.88. The first-order chi connectivity index (χ1) is 15.7. The van der Waals surface area contributed by atoms with Gasteiger partial charge in [0.2, 0.25) is 17.8 Å². The van der Waals surface area contributed by atoms with Crippen LogP contribution in [0.1, 0.15) is 12.8 Å². The summed E-state index contributed by atoms with van der Waals surface area (Å²) in [6.07, 6.45) is 0.157. The molecule has 15 heteroatoms. The third kappa shape index (κ3) is 5.07. The summed E-state index contributed by atoms with van der Waals surface area (Å²) in [4.78, 5) is 29.6. The number of halogens is 4. The molecular formula is C18H18F4N10O. The average Bonchev–Trinajstić information content (AvgIpc) is 3.39. The van der Waals surface area contributed by atoms with E-state index in [1.165, 1.54) is 4.90 Å². The van der Waals surface area contributed by atoms with Crippen LogP contribution >= 0.6 is 0 Å². The van der Waals surface area contributed by atoms with E-state index in [0.717, 1.165) is 10.9 Å². The van der Waals surface area contributed by atoms with Crippen molar-refractivity contribution in [2.45, 2.75) is 25.1 Å². The fraction of sp³-hybridized carbons (Fsp3) is 0.333. The van der Waals surface area contributed by atoms with Gasteiger partial charge in [-0.2, -0.15) is 27.8 Å². The van der Waals surface area contributed by atoms with Crippen molar-refractivity contribution < 1.29 is 22.4 Å². The first-order valence-electron chi connectivity index (χ1n) is 9.75. The van der Waals surface area contributed by atoms with Crippen molar-refractivity contribution in [1.82, 2.24) is 35.0 Å². The topological polar surface area (TPSA) is 140 Å². The van der Waals surface area contributed by atoms with E-state index in [-0.39, 0.29) is 36.6 Å². The van der Waals surface area contributed by atoms with Crippen LogP contribution < -0.4 is 21.3 Å². The first kappa shape index (κ1) is 22.2. The second-order valence-electron chi connectivity index (χ2n) is 7.10. The maximum Gasteiger partial charge on any atom is 0.405 e. The lowest BCUT2D eigenvalue weighted by Crippen LogP contribution is -2.46. The number of aromatic nitrogens is 6. The molecule has 33 heavy (non-hydrogen) atoms. The number of hydrogen-bond acceptors (Lipinski definition) is 9. The number of pyridine rings is 1. The molecular weight excluding hydrogens is 448 g/mol. The van der Waals surface area contributed by atoms with E-state index >= 15 is 0 Å². The molecule has 3 aromatic heterocycles. The van der Waals surface area contributed by atoms with Crippen LogP contribution in [0.5, 0.6) is 0 Å². The highest BCUT2D eigenvalue weighted by molar-refractivity contribution is 5.85. The number of nitrogens with one attached hydrogen (secondary N) is 2. The van der Waals surface area contributed by atoms with Gasteiger partial charge in [0.25, 0.3) is 5.95 Å². The second-order valence-corrected chi connectivity index (χ2v) is 7.10. The van der Waals surface area contributed by atoms with Crippen LogP contribution in [0, 0.1) is 5.82 Å². The Hall–Kier alpha value is -4.04. The number of nitrogens with zero attached hydrogens (tertiary/aromatic N) is 7. The highest BCUT2D eigenvalue weighted by Gasteiger charge is 2.36. The minimum atomic E-state index is -4.56. The Labute approximate surface area is 184 Å². The molecule has 0 aromatic carbocycles. The van der Waals surface area contributed by atoms with E-state index in [4.69, 9.17) is 5.73 Å². The van der Waals surface area contributed by atoms with Crippen molar-refractivity contribution in [2.75, 3.05) is 29.0 Å². The summed E-state index contributed by atoms with van der Waals surface area (Å²) in [6.45, 7) is -1.26. The lowest BCUT2D eigenvalue weighted by molar-refractivity contribution is -0.139. The Morgan fingerprint density at radius 2 is 2.09 bits per heavy atom. The minimum absolute atomic E-state index is 0.0974. The van der Waals surface area contributed by atoms with Gasteiger partial charge in [-0.15, -0.1) is 5.10 Å². The zero-order chi connectivity index (χ0) is 23.6. The Balaban J connectivity index is 1.57. The van der Waals surface area contributed by atoms with Crippen LogP contribution in [0.15, 0.2) is 30.7 Å². The zero-order valence-corrected chi connectivity index (χ0v) is 16.9. The van der Waals surface area contributed by atoms with Gasteiger partial charge in [-0.1, -0.05) is 0 Å². The molecule has 174 valence electrons. The molecule has 4 N–H and O–H groups in total. The maximum atomic E-state index is 14.6. The van der Waals surface area contributed by atoms with Gasteiger partial charge in [0.15, 0.2) is 11.6 Å². The molecule has 0 bridgehead atoms. The Morgan fingerprint density at radius 3 is 2.82 bits per heavy atom. The summed E-state index contributed by atoms with van der Waals surface area (Å²) in [6, 6.07) is 2.42. The fourth-order valence-electron chi connectivity index (χ4n) is 3.34. The van der Waals surface area contributed by atoms with Crippen molar-refractivity contribution in [1.29, 1.82) is 0 Å². The number of hydrogen-bond donors (Lipinski definition) is 3. The van der Waals surface area contributed by atoms with Gasteiger partial charge in [-0.05, 0) is 25.0 Å². The predicted octanol–water partition coefficient (Wildman–Crippen LogP) is 1.56. The summed E-state index contributed by atoms with van der Waals surface area (Å²) < 4.78 is 53.0. The van der Waals surface area contributed by atoms with Gasteiger partial charge in [0.1, 0.15) is 12.6 Å². The van der Waals surface area contributed by atoms with Gasteiger partial charge >= 0.3 is 6.18 Å². The molecule has 1 fully saturated rings. The first-order valence-corrected chi connectivity index (χ1v) is 9.75. The van der Waals surface area contributed by atoms with Crippen LogP contribution in [-0.2, 0) is 4.79 Å². The van der Waals surface area contributed by atoms with Gasteiger partial charge in [0, 0.05) is 12.7 Å². The molecule has 0 radical (unpaired) electrons. The van der Waals surface area contributed by atoms with Crippen molar-refractivity contribution >= 4 is 29.3 Å². The van der Waals surface area contributed by atoms with Crippen LogP contribution in [0.4, 0.5) is 41.0 Å². The monoisotopic (exact) mass is 466 g/mol. The molecule has 1 amide bonds. The third-order valence-electron chi connectivity index (χ3n) is 4.74. The molecule has 1 aliphatic heterocycles. The number of anilines is 4. The summed E-state index contributed by atoms with van der Waals surface area (Å²) in [5.74, 6) is -2.08. The van der Waals surface area contributed by atoms with E-state index in [0.29, 0.717) is 12.1 Å². The summed E-state index contributed by atoms with van der Waals surface area (Å²) >= 11 is 0. The predicted molar refractivity (Wildman–Crippen MR) is 108 cm³/mol. The Kier molecular flexibility index (Phi) is 5.93. The quantitative estimate of drug-likeness (QED) is 0.462. The standard InChI is InChI=1S/C18H18F4N10O/c19-11-8-25-17(32-15(23)29-16(30-32)27-10-3-1-5-24-7-10)28-13(11)31-6-2-4-12(31)14(33)26-9-18(20,21)22/h1,3,5,7-8,12H,2,4,6,9H2,(H,26,33)(H3,23,27,29,30)/t12-/m1/s1. The smallest absolute Gasteiger partial charge is 0.368 e. The van der Waals surface area contributed by atoms with Crippen LogP contribution in [-0.4, -0.2) is 60.9 Å². The molecule has 11 nitrogen and oxygen atoms in total. The largest absolute Gasteiger partial charge is 0.405 e. The highest BCUT2D eigenvalue weighted by atomic mass is 19.4. The number of carbonyl (C=O) groups is 1. The van der Waals surface area contributed by atoms with Gasteiger partial charge in [-0.25, -0.2) is 9.37 Å². The van der Waals surface area contributed by atoms with Crippen molar-refractivity contribution in [3.8, 4) is 5.95 Å². The van der Waals surface area contributed by atoms with Crippen molar-refractivity contribution in [3.05, 3.63) is 36.5 Å². The molecule has 4 heterocycles. The van der Waals surface area contributed by atoms with E-state index in [1.807, 2.05) is 5.32 Å². The molecule has 1 aliphatic rings. The average molecular weight is 466 g/mol. The van der Waals surface area contributed by atoms with E-state index in [1.54, 1.807) is 24.5 Å². The van der Waals surface area contributed by atoms with Gasteiger partial charge < -0.3 is 21.3 Å². The molecule has 0 unspecified atom stereocenters. The number of rotatable bonds is 6. The fourth-order valence-corrected chi connectivity index (χ4v) is 3.34. The molecule has 0 aliphatic carbocycles. The molecule has 0 spiro atoms. The van der Waals surface area contributed by atoms with Crippen LogP contribution in [0.2, 0.25) is 0 Å². The van der Waals surface area contributed by atoms with E-state index < -0.39 is 30.5 Å². The molecule has 4 rings (SSSR count). The Bertz CT molecular complexity index is 1140. The number of amides is 1. The van der Waals surface area contributed by atoms with Crippen LogP contribution in [0.3, 0.4) is 0 Å². The van der Waals surface area contributed by atoms with Crippen molar-refractivity contribution in [3.63, 3.8) is 0 Å². The number of nitrogens with two attached hydrogens (primary N) is 1. The molecule has 1 atom stereocenters. The zero-order valence-electron chi connectivity index (χ0n) is 16.9. The lowest BCUT2D eigenvalue weighted by Gasteiger charge is -2.25. The molecule has 3 aromatic rings. The Morgan fingerprint density at radius 1 is 1.27 bits per heavy atom. The van der Waals surface area contributed by atoms with Crippen molar-refractivity contribution in [2.24, 2.45) is 0 Å². The summed E-state index contributed by atoms with van der Waals surface area (Å²) in [5.41, 5.74) is 6.50. The van der Waals surface area contributed by atoms with Gasteiger partial charge in [0.05, 0.1) is 18.1 Å². The van der Waals surface area contributed by atoms with Crippen LogP contribution in [0.25, 0.3) is 5.95 Å².